The molecule has 1 heterocycles. The lowest BCUT2D eigenvalue weighted by Gasteiger charge is -2.23. The number of carboxylic acids is 1. The largest absolute Gasteiger partial charge is 0.481 e. The van der Waals surface area contributed by atoms with Crippen molar-refractivity contribution >= 4 is 50.9 Å². The Morgan fingerprint density at radius 1 is 1.09 bits per heavy atom. The summed E-state index contributed by atoms with van der Waals surface area (Å²) in [5, 5.41) is 12.6. The number of benzene rings is 2. The topological polar surface area (TPSA) is 79.3 Å². The van der Waals surface area contributed by atoms with Crippen LogP contribution < -0.4 is 5.32 Å². The molecule has 1 amide bonds. The molecule has 0 aliphatic heterocycles. The minimum Gasteiger partial charge on any atom is -0.481 e. The fourth-order valence-corrected chi connectivity index (χ4v) is 7.66. The third kappa shape index (κ3) is 4.20. The van der Waals surface area contributed by atoms with Gasteiger partial charge >= 0.3 is 5.97 Å². The van der Waals surface area contributed by atoms with Gasteiger partial charge in [-0.2, -0.15) is 0 Å². The van der Waals surface area contributed by atoms with Crippen LogP contribution in [0.5, 0.6) is 0 Å². The van der Waals surface area contributed by atoms with E-state index in [0.29, 0.717) is 5.69 Å². The van der Waals surface area contributed by atoms with Crippen LogP contribution >= 0.6 is 23.1 Å². The first-order chi connectivity index (χ1) is 15.8. The summed E-state index contributed by atoms with van der Waals surface area (Å²) >= 11 is 3.35. The molecule has 0 spiro atoms. The molecule has 4 atom stereocenters. The SMILES string of the molecule is Cc1cc(C)c(CSc2nc3ccc(NC(=O)[C@@H]4[C@@H](C(=O)O)[C@H]5C=C[C@H]4C5)cc3s2)c(C)c1. The number of hydrogen-bond acceptors (Lipinski definition) is 5. The third-order valence-corrected chi connectivity index (χ3v) is 9.05. The molecule has 2 aliphatic rings. The maximum atomic E-state index is 13.0. The maximum absolute atomic E-state index is 13.0. The van der Waals surface area contributed by atoms with Crippen LogP contribution in [0.1, 0.15) is 28.7 Å². The lowest BCUT2D eigenvalue weighted by Crippen LogP contribution is -2.36. The quantitative estimate of drug-likeness (QED) is 0.337. The van der Waals surface area contributed by atoms with E-state index in [1.165, 1.54) is 22.3 Å². The molecule has 170 valence electrons. The zero-order chi connectivity index (χ0) is 23.3. The van der Waals surface area contributed by atoms with Crippen LogP contribution in [0.2, 0.25) is 0 Å². The normalized spacial score (nSPS) is 23.4. The van der Waals surface area contributed by atoms with E-state index in [4.69, 9.17) is 4.98 Å². The fourth-order valence-electron chi connectivity index (χ4n) is 5.36. The highest BCUT2D eigenvalue weighted by Crippen LogP contribution is 2.48. The molecule has 2 aliphatic carbocycles. The second kappa shape index (κ2) is 8.61. The van der Waals surface area contributed by atoms with Gasteiger partial charge in [0.25, 0.3) is 0 Å². The monoisotopic (exact) mass is 478 g/mol. The van der Waals surface area contributed by atoms with E-state index in [2.05, 4.69) is 38.2 Å². The molecule has 0 saturated heterocycles. The van der Waals surface area contributed by atoms with E-state index < -0.39 is 17.8 Å². The van der Waals surface area contributed by atoms with Crippen molar-refractivity contribution < 1.29 is 14.7 Å². The smallest absolute Gasteiger partial charge is 0.307 e. The third-order valence-electron chi connectivity index (χ3n) is 6.86. The number of fused-ring (bicyclic) bond motifs is 3. The number of carboxylic acid groups (broad SMARTS) is 1. The highest BCUT2D eigenvalue weighted by molar-refractivity contribution is 8.00. The summed E-state index contributed by atoms with van der Waals surface area (Å²) in [4.78, 5) is 29.5. The number of allylic oxidation sites excluding steroid dienone is 2. The Morgan fingerprint density at radius 3 is 2.48 bits per heavy atom. The maximum Gasteiger partial charge on any atom is 0.307 e. The van der Waals surface area contributed by atoms with E-state index in [-0.39, 0.29) is 17.7 Å². The predicted molar refractivity (Wildman–Crippen MR) is 134 cm³/mol. The summed E-state index contributed by atoms with van der Waals surface area (Å²) in [5.41, 5.74) is 6.84. The first-order valence-electron chi connectivity index (χ1n) is 11.1. The van der Waals surface area contributed by atoms with Gasteiger partial charge in [-0.1, -0.05) is 41.6 Å². The number of anilines is 1. The first kappa shape index (κ1) is 22.2. The number of rotatable bonds is 6. The number of nitrogens with zero attached hydrogens (tertiary/aromatic N) is 1. The highest BCUT2D eigenvalue weighted by Gasteiger charge is 2.51. The summed E-state index contributed by atoms with van der Waals surface area (Å²) in [6.07, 6.45) is 4.71. The van der Waals surface area contributed by atoms with Crippen LogP contribution in [-0.2, 0) is 15.3 Å². The Balaban J connectivity index is 1.30. The molecule has 3 aromatic rings. The summed E-state index contributed by atoms with van der Waals surface area (Å²) in [6.45, 7) is 6.44. The number of amides is 1. The standard InChI is InChI=1S/C26H26N2O3S2/c1-13-8-14(2)19(15(3)9-13)12-32-26-28-20-7-6-18(11-21(20)33-26)27-24(29)22-16-4-5-17(10-16)23(22)25(30)31/h4-9,11,16-17,22-23H,10,12H2,1-3H3,(H,27,29)(H,30,31)/t16-,17-,22-,23-/m0/s1. The minimum absolute atomic E-state index is 0.0138. The number of aryl methyl sites for hydroxylation is 3. The van der Waals surface area contributed by atoms with Gasteiger partial charge in [0.2, 0.25) is 5.91 Å². The van der Waals surface area contributed by atoms with Crippen molar-refractivity contribution in [1.82, 2.24) is 4.98 Å². The Morgan fingerprint density at radius 2 is 1.79 bits per heavy atom. The van der Waals surface area contributed by atoms with E-state index in [9.17, 15) is 14.7 Å². The highest BCUT2D eigenvalue weighted by atomic mass is 32.2. The zero-order valence-electron chi connectivity index (χ0n) is 18.8. The van der Waals surface area contributed by atoms with E-state index >= 15 is 0 Å². The van der Waals surface area contributed by atoms with Gasteiger partial charge in [-0.3, -0.25) is 9.59 Å². The number of thiazole rings is 1. The molecule has 7 heteroatoms. The van der Waals surface area contributed by atoms with Gasteiger partial charge in [-0.25, -0.2) is 4.98 Å². The molecule has 2 aromatic carbocycles. The number of carbonyl (C=O) groups is 2. The van der Waals surface area contributed by atoms with Crippen LogP contribution in [0.25, 0.3) is 10.2 Å². The molecule has 0 radical (unpaired) electrons. The lowest BCUT2D eigenvalue weighted by molar-refractivity contribution is -0.146. The number of thioether (sulfide) groups is 1. The predicted octanol–water partition coefficient (Wildman–Crippen LogP) is 5.98. The van der Waals surface area contributed by atoms with Crippen LogP contribution in [-0.4, -0.2) is 22.0 Å². The van der Waals surface area contributed by atoms with Gasteiger partial charge in [0.1, 0.15) is 0 Å². The first-order valence-corrected chi connectivity index (χ1v) is 12.9. The fraction of sp³-hybridized carbons (Fsp3) is 0.346. The Kier molecular flexibility index (Phi) is 5.79. The molecular weight excluding hydrogens is 452 g/mol. The molecule has 2 N–H and O–H groups in total. The van der Waals surface area contributed by atoms with Gasteiger partial charge in [0, 0.05) is 11.4 Å². The minimum atomic E-state index is -0.884. The van der Waals surface area contributed by atoms with Crippen molar-refractivity contribution in [3.8, 4) is 0 Å². The summed E-state index contributed by atoms with van der Waals surface area (Å²) in [6, 6.07) is 10.1. The summed E-state index contributed by atoms with van der Waals surface area (Å²) < 4.78 is 2.01. The Bertz CT molecular complexity index is 1270. The van der Waals surface area contributed by atoms with Gasteiger partial charge < -0.3 is 10.4 Å². The molecular formula is C26H26N2O3S2. The number of carbonyl (C=O) groups excluding carboxylic acids is 1. The Hall–Kier alpha value is -2.64. The van der Waals surface area contributed by atoms with Crippen LogP contribution in [0, 0.1) is 44.4 Å². The molecule has 1 fully saturated rings. The van der Waals surface area contributed by atoms with Crippen molar-refractivity contribution in [2.75, 3.05) is 5.32 Å². The van der Waals surface area contributed by atoms with Gasteiger partial charge in [0.15, 0.2) is 4.34 Å². The average molecular weight is 479 g/mol. The van der Waals surface area contributed by atoms with Gasteiger partial charge in [-0.05, 0) is 73.9 Å². The molecule has 0 unspecified atom stereocenters. The van der Waals surface area contributed by atoms with Crippen LogP contribution in [0.4, 0.5) is 5.69 Å². The second-order valence-electron chi connectivity index (χ2n) is 9.16. The van der Waals surface area contributed by atoms with Crippen molar-refractivity contribution in [1.29, 1.82) is 0 Å². The number of aromatic nitrogens is 1. The second-order valence-corrected chi connectivity index (χ2v) is 11.4. The van der Waals surface area contributed by atoms with E-state index in [0.717, 1.165) is 26.7 Å². The number of aliphatic carboxylic acids is 1. The van der Waals surface area contributed by atoms with Crippen molar-refractivity contribution in [2.24, 2.45) is 23.7 Å². The van der Waals surface area contributed by atoms with E-state index in [1.54, 1.807) is 23.1 Å². The van der Waals surface area contributed by atoms with Crippen LogP contribution in [0.3, 0.4) is 0 Å². The zero-order valence-corrected chi connectivity index (χ0v) is 20.4. The summed E-state index contributed by atoms with van der Waals surface area (Å²) in [5.74, 6) is -1.39. The molecule has 5 nitrogen and oxygen atoms in total. The van der Waals surface area contributed by atoms with Crippen molar-refractivity contribution in [3.05, 3.63) is 64.7 Å². The summed E-state index contributed by atoms with van der Waals surface area (Å²) in [7, 11) is 0. The molecule has 1 aromatic heterocycles. The van der Waals surface area contributed by atoms with Crippen molar-refractivity contribution in [2.45, 2.75) is 37.3 Å². The van der Waals surface area contributed by atoms with Crippen LogP contribution in [0.15, 0.2) is 46.8 Å². The van der Waals surface area contributed by atoms with Gasteiger partial charge in [-0.15, -0.1) is 11.3 Å². The Labute approximate surface area is 201 Å². The molecule has 5 rings (SSSR count). The van der Waals surface area contributed by atoms with Crippen molar-refractivity contribution in [3.63, 3.8) is 0 Å². The van der Waals surface area contributed by atoms with E-state index in [1.807, 2.05) is 30.4 Å². The van der Waals surface area contributed by atoms with Gasteiger partial charge in [0.05, 0.1) is 22.1 Å². The average Bonchev–Trinajstić information content (AvgIpc) is 3.46. The lowest BCUT2D eigenvalue weighted by atomic mass is 9.82. The number of nitrogens with one attached hydrogen (secondary N) is 1. The molecule has 2 bridgehead atoms. The molecule has 1 saturated carbocycles. The molecule has 33 heavy (non-hydrogen) atoms. The number of hydrogen-bond donors (Lipinski definition) is 2.